The summed E-state index contributed by atoms with van der Waals surface area (Å²) in [6, 6.07) is 8.94. The first kappa shape index (κ1) is 19.4. The fourth-order valence-electron chi connectivity index (χ4n) is 3.23. The van der Waals surface area contributed by atoms with Gasteiger partial charge in [-0.2, -0.15) is 0 Å². The van der Waals surface area contributed by atoms with Crippen LogP contribution in [0.4, 0.5) is 10.2 Å². The van der Waals surface area contributed by atoms with E-state index < -0.39 is 22.4 Å². The van der Waals surface area contributed by atoms with Crippen LogP contribution in [-0.2, 0) is 6.54 Å². The number of aromatic nitrogens is 2. The van der Waals surface area contributed by atoms with Gasteiger partial charge in [-0.25, -0.2) is 9.37 Å². The normalized spacial score (nSPS) is 16.7. The van der Waals surface area contributed by atoms with Crippen LogP contribution in [0.25, 0.3) is 10.9 Å². The fourth-order valence-corrected chi connectivity index (χ4v) is 4.80. The van der Waals surface area contributed by atoms with E-state index >= 15 is 0 Å². The third-order valence-electron chi connectivity index (χ3n) is 4.66. The van der Waals surface area contributed by atoms with E-state index in [1.54, 1.807) is 12.1 Å². The molecule has 8 nitrogen and oxygen atoms in total. The maximum absolute atomic E-state index is 13.0. The topological polar surface area (TPSA) is 119 Å². The Labute approximate surface area is 167 Å². The molecule has 4 rings (SSSR count). The van der Waals surface area contributed by atoms with Crippen molar-refractivity contribution in [3.05, 3.63) is 59.7 Å². The molecular weight excluding hydrogens is 399 g/mol. The number of pyridine rings is 2. The van der Waals surface area contributed by atoms with Crippen molar-refractivity contribution in [2.45, 2.75) is 13.0 Å². The number of anilines is 1. The first-order chi connectivity index (χ1) is 13.9. The number of hydrogen-bond acceptors (Lipinski definition) is 7. The predicted octanol–water partition coefficient (Wildman–Crippen LogP) is 3.28. The lowest BCUT2D eigenvalue weighted by molar-refractivity contribution is 0.0943. The van der Waals surface area contributed by atoms with Crippen molar-refractivity contribution in [2.75, 3.05) is 16.6 Å². The van der Waals surface area contributed by atoms with Gasteiger partial charge in [0, 0.05) is 24.7 Å². The molecule has 0 atom stereocenters. The molecule has 0 bridgehead atoms. The van der Waals surface area contributed by atoms with Crippen molar-refractivity contribution in [2.24, 2.45) is 0 Å². The highest BCUT2D eigenvalue weighted by Crippen LogP contribution is 2.52. The van der Waals surface area contributed by atoms with Gasteiger partial charge in [-0.1, -0.05) is 12.1 Å². The molecule has 3 aromatic rings. The molecule has 1 amide bonds. The average molecular weight is 418 g/mol. The molecule has 2 aromatic heterocycles. The minimum Gasteiger partial charge on any atom is -0.504 e. The van der Waals surface area contributed by atoms with Crippen molar-refractivity contribution in [1.29, 1.82) is 0 Å². The summed E-state index contributed by atoms with van der Waals surface area (Å²) in [7, 11) is -3.05. The van der Waals surface area contributed by atoms with Crippen LogP contribution in [0.2, 0.25) is 0 Å². The van der Waals surface area contributed by atoms with Gasteiger partial charge in [0.05, 0.1) is 5.75 Å². The van der Waals surface area contributed by atoms with Crippen LogP contribution in [0.1, 0.15) is 22.5 Å². The molecule has 1 saturated heterocycles. The van der Waals surface area contributed by atoms with Crippen LogP contribution < -0.4 is 9.62 Å². The number of halogens is 1. The van der Waals surface area contributed by atoms with Crippen LogP contribution in [-0.4, -0.2) is 42.4 Å². The number of rotatable bonds is 4. The third kappa shape index (κ3) is 3.69. The molecule has 3 heterocycles. The van der Waals surface area contributed by atoms with Gasteiger partial charge >= 0.3 is 0 Å². The van der Waals surface area contributed by atoms with E-state index in [1.807, 2.05) is 0 Å². The number of carbonyl (C=O) groups excluding carboxylic acids is 1. The Morgan fingerprint density at radius 1 is 1.24 bits per heavy atom. The molecule has 1 aliphatic rings. The Bertz CT molecular complexity index is 1080. The molecule has 0 spiro atoms. The van der Waals surface area contributed by atoms with Gasteiger partial charge in [-0.05, 0) is 36.2 Å². The lowest BCUT2D eigenvalue weighted by Gasteiger charge is -2.37. The van der Waals surface area contributed by atoms with Crippen LogP contribution in [0.15, 0.2) is 42.6 Å². The van der Waals surface area contributed by atoms with Crippen LogP contribution in [0, 0.1) is 5.82 Å². The Balaban J connectivity index is 1.71. The molecule has 0 unspecified atom stereocenters. The zero-order chi connectivity index (χ0) is 20.6. The lowest BCUT2D eigenvalue weighted by atomic mass is 10.1. The SMILES string of the molecule is O=C(NCc1ccc(F)cc1)c1nc(N2CCCS2(O)O)c2cccnc2c1O. The Morgan fingerprint density at radius 2 is 2.00 bits per heavy atom. The van der Waals surface area contributed by atoms with Crippen molar-refractivity contribution in [3.8, 4) is 5.75 Å². The number of hydrogen-bond donors (Lipinski definition) is 4. The maximum atomic E-state index is 13.0. The summed E-state index contributed by atoms with van der Waals surface area (Å²) in [6.07, 6.45) is 2.03. The van der Waals surface area contributed by atoms with Crippen LogP contribution >= 0.6 is 10.8 Å². The minimum absolute atomic E-state index is 0.106. The standard InChI is InChI=1S/C19H19FN4O4S/c20-13-6-4-12(5-7-13)11-22-19(26)16-17(25)15-14(3-1-8-21-15)18(23-16)24-9-2-10-29(24,27)28/h1,3-8,25,27-28H,2,9-11H2,(H,22,26). The molecular formula is C19H19FN4O4S. The number of nitrogens with zero attached hydrogens (tertiary/aromatic N) is 3. The first-order valence-electron chi connectivity index (χ1n) is 8.91. The van der Waals surface area contributed by atoms with Gasteiger partial charge < -0.3 is 10.4 Å². The second-order valence-electron chi connectivity index (χ2n) is 6.63. The first-order valence-corrected chi connectivity index (χ1v) is 10.6. The van der Waals surface area contributed by atoms with Crippen molar-refractivity contribution < 1.29 is 23.4 Å². The predicted molar refractivity (Wildman–Crippen MR) is 108 cm³/mol. The van der Waals surface area contributed by atoms with Gasteiger partial charge in [-0.3, -0.25) is 23.2 Å². The van der Waals surface area contributed by atoms with Gasteiger partial charge in [0.25, 0.3) is 5.91 Å². The molecule has 0 radical (unpaired) electrons. The van der Waals surface area contributed by atoms with E-state index in [-0.39, 0.29) is 35.1 Å². The summed E-state index contributed by atoms with van der Waals surface area (Å²) < 4.78 is 35.1. The number of amides is 1. The van der Waals surface area contributed by atoms with E-state index in [4.69, 9.17) is 0 Å². The van der Waals surface area contributed by atoms with E-state index in [0.717, 1.165) is 0 Å². The molecule has 10 heteroatoms. The second-order valence-corrected chi connectivity index (χ2v) is 8.75. The molecule has 4 N–H and O–H groups in total. The van der Waals surface area contributed by atoms with E-state index in [2.05, 4.69) is 15.3 Å². The zero-order valence-corrected chi connectivity index (χ0v) is 16.1. The lowest BCUT2D eigenvalue weighted by Crippen LogP contribution is -2.27. The molecule has 1 fully saturated rings. The molecule has 152 valence electrons. The highest BCUT2D eigenvalue weighted by Gasteiger charge is 2.33. The monoisotopic (exact) mass is 418 g/mol. The molecule has 0 aliphatic carbocycles. The van der Waals surface area contributed by atoms with E-state index in [0.29, 0.717) is 23.9 Å². The van der Waals surface area contributed by atoms with E-state index in [9.17, 15) is 23.4 Å². The fraction of sp³-hybridized carbons (Fsp3) is 0.211. The molecule has 0 saturated carbocycles. The van der Waals surface area contributed by atoms with Gasteiger partial charge in [0.2, 0.25) is 0 Å². The largest absolute Gasteiger partial charge is 0.504 e. The summed E-state index contributed by atoms with van der Waals surface area (Å²) >= 11 is 0. The van der Waals surface area contributed by atoms with Gasteiger partial charge in [0.1, 0.15) is 11.3 Å². The minimum atomic E-state index is -3.05. The highest BCUT2D eigenvalue weighted by molar-refractivity contribution is 8.25. The van der Waals surface area contributed by atoms with E-state index in [1.165, 1.54) is 34.8 Å². The Hall–Kier alpha value is -2.95. The number of nitrogens with one attached hydrogen (secondary N) is 1. The number of benzene rings is 1. The van der Waals surface area contributed by atoms with Crippen molar-refractivity contribution in [1.82, 2.24) is 15.3 Å². The zero-order valence-electron chi connectivity index (χ0n) is 15.2. The molecule has 1 aromatic carbocycles. The van der Waals surface area contributed by atoms with Gasteiger partial charge in [-0.15, -0.1) is 10.8 Å². The quantitative estimate of drug-likeness (QED) is 0.513. The number of fused-ring (bicyclic) bond motifs is 1. The third-order valence-corrected chi connectivity index (χ3v) is 6.56. The summed E-state index contributed by atoms with van der Waals surface area (Å²) in [5.74, 6) is -1.03. The van der Waals surface area contributed by atoms with Crippen molar-refractivity contribution >= 4 is 33.4 Å². The van der Waals surface area contributed by atoms with Crippen molar-refractivity contribution in [3.63, 3.8) is 0 Å². The summed E-state index contributed by atoms with van der Waals surface area (Å²) in [4.78, 5) is 21.1. The van der Waals surface area contributed by atoms with Gasteiger partial charge in [0.15, 0.2) is 17.3 Å². The average Bonchev–Trinajstić information content (AvgIpc) is 3.07. The molecule has 29 heavy (non-hydrogen) atoms. The number of carbonyl (C=O) groups is 1. The molecule has 1 aliphatic heterocycles. The summed E-state index contributed by atoms with van der Waals surface area (Å²) in [6.45, 7) is 0.468. The number of aromatic hydroxyl groups is 1. The highest BCUT2D eigenvalue weighted by atomic mass is 32.3. The smallest absolute Gasteiger partial charge is 0.274 e. The maximum Gasteiger partial charge on any atom is 0.274 e. The van der Waals surface area contributed by atoms with Crippen LogP contribution in [0.5, 0.6) is 5.75 Å². The Morgan fingerprint density at radius 3 is 2.69 bits per heavy atom. The van der Waals surface area contributed by atoms with Crippen LogP contribution in [0.3, 0.4) is 0 Å². The second kappa shape index (κ2) is 7.47. The summed E-state index contributed by atoms with van der Waals surface area (Å²) in [5.41, 5.74) is 0.550. The Kier molecular flexibility index (Phi) is 4.99. The summed E-state index contributed by atoms with van der Waals surface area (Å²) in [5, 5.41) is 13.6.